The van der Waals surface area contributed by atoms with Crippen LogP contribution in [0.5, 0.6) is 0 Å². The first-order valence-corrected chi connectivity index (χ1v) is 5.52. The molecule has 0 aliphatic heterocycles. The number of benzene rings is 1. The molecule has 0 aliphatic carbocycles. The Balaban J connectivity index is 2.32. The lowest BCUT2D eigenvalue weighted by Crippen LogP contribution is -2.44. The minimum Gasteiger partial charge on any atom is -0.346 e. The maximum absolute atomic E-state index is 11.9. The molecule has 6 heteroatoms. The van der Waals surface area contributed by atoms with Gasteiger partial charge in [0.25, 0.3) is 0 Å². The maximum atomic E-state index is 11.9. The number of carbonyl (C=O) groups excluding carboxylic acids is 1. The molecule has 3 N–H and O–H groups in total. The van der Waals surface area contributed by atoms with E-state index in [0.29, 0.717) is 12.8 Å². The number of alkyl halides is 3. The van der Waals surface area contributed by atoms with Crippen molar-refractivity contribution in [3.63, 3.8) is 0 Å². The van der Waals surface area contributed by atoms with Gasteiger partial charge in [-0.15, -0.1) is 0 Å². The second-order valence-electron chi connectivity index (χ2n) is 3.96. The average molecular weight is 260 g/mol. The fraction of sp³-hybridized carbons (Fsp3) is 0.417. The molecule has 3 nitrogen and oxygen atoms in total. The third-order valence-electron chi connectivity index (χ3n) is 2.39. The molecule has 0 saturated carbocycles. The molecule has 0 radical (unpaired) electrons. The topological polar surface area (TPSA) is 55.1 Å². The third-order valence-corrected chi connectivity index (χ3v) is 2.39. The van der Waals surface area contributed by atoms with Gasteiger partial charge in [0.05, 0.1) is 6.04 Å². The molecule has 0 bridgehead atoms. The van der Waals surface area contributed by atoms with E-state index in [1.807, 2.05) is 30.3 Å². The van der Waals surface area contributed by atoms with Crippen molar-refractivity contribution in [3.8, 4) is 0 Å². The molecule has 1 atom stereocenters. The Morgan fingerprint density at radius 3 is 2.44 bits per heavy atom. The van der Waals surface area contributed by atoms with Gasteiger partial charge in [0.1, 0.15) is 6.54 Å². The highest BCUT2D eigenvalue weighted by Crippen LogP contribution is 2.12. The summed E-state index contributed by atoms with van der Waals surface area (Å²) in [5.74, 6) is -0.775. The van der Waals surface area contributed by atoms with E-state index in [2.05, 4.69) is 0 Å². The van der Waals surface area contributed by atoms with E-state index in [9.17, 15) is 18.0 Å². The number of amides is 1. The number of carbonyl (C=O) groups is 1. The summed E-state index contributed by atoms with van der Waals surface area (Å²) in [4.78, 5) is 11.3. The summed E-state index contributed by atoms with van der Waals surface area (Å²) < 4.78 is 35.6. The zero-order chi connectivity index (χ0) is 13.6. The molecule has 0 spiro atoms. The van der Waals surface area contributed by atoms with Crippen LogP contribution in [0.15, 0.2) is 30.3 Å². The maximum Gasteiger partial charge on any atom is 0.405 e. The second kappa shape index (κ2) is 6.39. The van der Waals surface area contributed by atoms with Crippen LogP contribution in [0.4, 0.5) is 13.2 Å². The first-order valence-electron chi connectivity index (χ1n) is 5.52. The van der Waals surface area contributed by atoms with E-state index >= 15 is 0 Å². The molecule has 100 valence electrons. The summed E-state index contributed by atoms with van der Waals surface area (Å²) in [5, 5.41) is 1.77. The summed E-state index contributed by atoms with van der Waals surface area (Å²) in [7, 11) is 0. The normalized spacial score (nSPS) is 13.1. The fourth-order valence-electron chi connectivity index (χ4n) is 1.42. The summed E-state index contributed by atoms with van der Waals surface area (Å²) in [6.07, 6.45) is -3.54. The first-order chi connectivity index (χ1) is 8.38. The van der Waals surface area contributed by atoms with Gasteiger partial charge >= 0.3 is 6.18 Å². The Labute approximate surface area is 103 Å². The lowest BCUT2D eigenvalue weighted by atomic mass is 10.1. The number of rotatable bonds is 5. The van der Waals surface area contributed by atoms with Crippen molar-refractivity contribution in [1.82, 2.24) is 5.32 Å². The molecule has 1 rings (SSSR count). The van der Waals surface area contributed by atoms with Crippen LogP contribution in [0.25, 0.3) is 0 Å². The minimum absolute atomic E-state index is 0.313. The first kappa shape index (κ1) is 14.5. The Kier molecular flexibility index (Phi) is 5.15. The van der Waals surface area contributed by atoms with Crippen LogP contribution in [-0.2, 0) is 11.2 Å². The fourth-order valence-corrected chi connectivity index (χ4v) is 1.42. The molecule has 0 aliphatic rings. The quantitative estimate of drug-likeness (QED) is 0.845. The van der Waals surface area contributed by atoms with Crippen LogP contribution >= 0.6 is 0 Å². The van der Waals surface area contributed by atoms with E-state index in [-0.39, 0.29) is 0 Å². The van der Waals surface area contributed by atoms with E-state index in [0.717, 1.165) is 5.56 Å². The molecule has 0 aromatic heterocycles. The van der Waals surface area contributed by atoms with Crippen molar-refractivity contribution in [2.45, 2.75) is 25.1 Å². The van der Waals surface area contributed by atoms with Gasteiger partial charge in [-0.05, 0) is 18.4 Å². The smallest absolute Gasteiger partial charge is 0.346 e. The Morgan fingerprint density at radius 1 is 1.28 bits per heavy atom. The molecule has 0 heterocycles. The standard InChI is InChI=1S/C12H15F3N2O/c13-12(14,15)8-17-11(18)10(16)7-6-9-4-2-1-3-5-9/h1-5,10H,6-8,16H2,(H,17,18)/t10-/m0/s1. The number of aryl methyl sites for hydroxylation is 1. The van der Waals surface area contributed by atoms with E-state index in [1.165, 1.54) is 0 Å². The lowest BCUT2D eigenvalue weighted by molar-refractivity contribution is -0.139. The predicted octanol–water partition coefficient (Wildman–Crippen LogP) is 1.62. The number of nitrogens with two attached hydrogens (primary N) is 1. The zero-order valence-corrected chi connectivity index (χ0v) is 9.70. The highest BCUT2D eigenvalue weighted by Gasteiger charge is 2.28. The molecular formula is C12H15F3N2O. The monoisotopic (exact) mass is 260 g/mol. The van der Waals surface area contributed by atoms with Crippen molar-refractivity contribution in [2.75, 3.05) is 6.54 Å². The van der Waals surface area contributed by atoms with Gasteiger partial charge in [-0.25, -0.2) is 0 Å². The number of hydrogen-bond donors (Lipinski definition) is 2. The van der Waals surface area contributed by atoms with E-state index in [1.54, 1.807) is 5.32 Å². The molecule has 0 saturated heterocycles. The highest BCUT2D eigenvalue weighted by atomic mass is 19.4. The molecular weight excluding hydrogens is 245 g/mol. The SMILES string of the molecule is N[C@@H](CCc1ccccc1)C(=O)NCC(F)(F)F. The van der Waals surface area contributed by atoms with Gasteiger partial charge in [0.15, 0.2) is 0 Å². The van der Waals surface area contributed by atoms with Crippen LogP contribution in [0.3, 0.4) is 0 Å². The van der Waals surface area contributed by atoms with Crippen LogP contribution in [0.1, 0.15) is 12.0 Å². The van der Waals surface area contributed by atoms with Crippen molar-refractivity contribution in [3.05, 3.63) is 35.9 Å². The second-order valence-corrected chi connectivity index (χ2v) is 3.96. The van der Waals surface area contributed by atoms with Gasteiger partial charge in [-0.3, -0.25) is 4.79 Å². The van der Waals surface area contributed by atoms with Crippen molar-refractivity contribution in [1.29, 1.82) is 0 Å². The van der Waals surface area contributed by atoms with Gasteiger partial charge in [-0.2, -0.15) is 13.2 Å². The zero-order valence-electron chi connectivity index (χ0n) is 9.70. The predicted molar refractivity (Wildman–Crippen MR) is 61.8 cm³/mol. The molecule has 18 heavy (non-hydrogen) atoms. The Hall–Kier alpha value is -1.56. The molecule has 1 aromatic carbocycles. The van der Waals surface area contributed by atoms with E-state index < -0.39 is 24.7 Å². The molecule has 1 aromatic rings. The average Bonchev–Trinajstić information content (AvgIpc) is 2.33. The van der Waals surface area contributed by atoms with Crippen molar-refractivity contribution >= 4 is 5.91 Å². The molecule has 0 fully saturated rings. The van der Waals surface area contributed by atoms with Crippen LogP contribution in [-0.4, -0.2) is 24.7 Å². The van der Waals surface area contributed by atoms with Crippen LogP contribution < -0.4 is 11.1 Å². The third kappa shape index (κ3) is 5.67. The van der Waals surface area contributed by atoms with Crippen LogP contribution in [0, 0.1) is 0 Å². The lowest BCUT2D eigenvalue weighted by Gasteiger charge is -2.13. The summed E-state index contributed by atoms with van der Waals surface area (Å²) in [6, 6.07) is 8.39. The number of hydrogen-bond acceptors (Lipinski definition) is 2. The minimum atomic E-state index is -4.41. The van der Waals surface area contributed by atoms with Crippen LogP contribution in [0.2, 0.25) is 0 Å². The summed E-state index contributed by atoms with van der Waals surface area (Å²) >= 11 is 0. The largest absolute Gasteiger partial charge is 0.405 e. The van der Waals surface area contributed by atoms with Gasteiger partial charge in [0, 0.05) is 0 Å². The summed E-state index contributed by atoms with van der Waals surface area (Å²) in [6.45, 7) is -1.34. The van der Waals surface area contributed by atoms with Gasteiger partial charge in [0.2, 0.25) is 5.91 Å². The van der Waals surface area contributed by atoms with E-state index in [4.69, 9.17) is 5.73 Å². The van der Waals surface area contributed by atoms with Gasteiger partial charge < -0.3 is 11.1 Å². The Bertz CT molecular complexity index is 379. The molecule has 1 amide bonds. The summed E-state index contributed by atoms with van der Waals surface area (Å²) in [5.41, 5.74) is 6.51. The van der Waals surface area contributed by atoms with Gasteiger partial charge in [-0.1, -0.05) is 30.3 Å². The number of nitrogens with one attached hydrogen (secondary N) is 1. The Morgan fingerprint density at radius 2 is 1.89 bits per heavy atom. The molecule has 0 unspecified atom stereocenters. The van der Waals surface area contributed by atoms with Crippen molar-refractivity contribution in [2.24, 2.45) is 5.73 Å². The highest BCUT2D eigenvalue weighted by molar-refractivity contribution is 5.81. The number of halogens is 3. The van der Waals surface area contributed by atoms with Crippen molar-refractivity contribution < 1.29 is 18.0 Å².